The lowest BCUT2D eigenvalue weighted by Gasteiger charge is -2.44. The molecule has 0 unspecified atom stereocenters. The molecular weight excluding hydrogens is 330 g/mol. The van der Waals surface area contributed by atoms with Crippen molar-refractivity contribution < 1.29 is 9.53 Å². The van der Waals surface area contributed by atoms with Gasteiger partial charge in [0.05, 0.1) is 0 Å². The quantitative estimate of drug-likeness (QED) is 0.824. The summed E-state index contributed by atoms with van der Waals surface area (Å²) in [6, 6.07) is 9.93. The van der Waals surface area contributed by atoms with Gasteiger partial charge in [-0.1, -0.05) is 31.0 Å². The maximum atomic E-state index is 12.8. The smallest absolute Gasteiger partial charge is 0.246 e. The highest BCUT2D eigenvalue weighted by Gasteiger charge is 2.35. The van der Waals surface area contributed by atoms with E-state index < -0.39 is 0 Å². The van der Waals surface area contributed by atoms with Crippen LogP contribution in [-0.2, 0) is 17.9 Å². The highest BCUT2D eigenvalue weighted by molar-refractivity contribution is 5.76. The highest BCUT2D eigenvalue weighted by atomic mass is 16.5. The summed E-state index contributed by atoms with van der Waals surface area (Å²) in [6.45, 7) is 1.26. The molecule has 0 spiro atoms. The first-order valence-electron chi connectivity index (χ1n) is 9.53. The van der Waals surface area contributed by atoms with E-state index >= 15 is 0 Å². The minimum absolute atomic E-state index is 0.106. The van der Waals surface area contributed by atoms with Gasteiger partial charge < -0.3 is 9.64 Å². The van der Waals surface area contributed by atoms with Gasteiger partial charge in [0, 0.05) is 12.6 Å². The van der Waals surface area contributed by atoms with Crippen molar-refractivity contribution >= 4 is 5.91 Å². The summed E-state index contributed by atoms with van der Waals surface area (Å²) in [7, 11) is 0. The molecule has 1 aliphatic carbocycles. The number of carbonyl (C=O) groups excluding carboxylic acids is 1. The molecular formula is C19H25N5O2. The minimum atomic E-state index is 0.106. The summed E-state index contributed by atoms with van der Waals surface area (Å²) in [5.41, 5.74) is 0. The SMILES string of the molecule is O=C(Cn1nnc(COc2ccccc2)n1)N1CCC[C@H]2CCCC[C@H]21. The van der Waals surface area contributed by atoms with Gasteiger partial charge in [0.15, 0.2) is 6.61 Å². The Balaban J connectivity index is 1.33. The molecule has 2 fully saturated rings. The van der Waals surface area contributed by atoms with Gasteiger partial charge in [0.1, 0.15) is 12.3 Å². The third-order valence-corrected chi connectivity index (χ3v) is 5.45. The molecule has 7 heteroatoms. The molecule has 0 bridgehead atoms. The number of rotatable bonds is 5. The van der Waals surface area contributed by atoms with E-state index in [2.05, 4.69) is 20.3 Å². The number of tetrazole rings is 1. The molecule has 26 heavy (non-hydrogen) atoms. The van der Waals surface area contributed by atoms with Crippen molar-refractivity contribution in [3.05, 3.63) is 36.2 Å². The fourth-order valence-corrected chi connectivity index (χ4v) is 4.21. The van der Waals surface area contributed by atoms with Gasteiger partial charge in [0.25, 0.3) is 0 Å². The average molecular weight is 355 g/mol. The van der Waals surface area contributed by atoms with Crippen LogP contribution in [0.3, 0.4) is 0 Å². The number of para-hydroxylation sites is 1. The maximum absolute atomic E-state index is 12.8. The maximum Gasteiger partial charge on any atom is 0.246 e. The van der Waals surface area contributed by atoms with Crippen molar-refractivity contribution in [3.8, 4) is 5.75 Å². The highest BCUT2D eigenvalue weighted by Crippen LogP contribution is 2.35. The molecule has 138 valence electrons. The molecule has 0 radical (unpaired) electrons. The second-order valence-electron chi connectivity index (χ2n) is 7.18. The van der Waals surface area contributed by atoms with Crippen LogP contribution in [0.5, 0.6) is 5.75 Å². The Hall–Kier alpha value is -2.44. The molecule has 7 nitrogen and oxygen atoms in total. The number of hydrogen-bond donors (Lipinski definition) is 0. The van der Waals surface area contributed by atoms with E-state index in [4.69, 9.17) is 4.74 Å². The van der Waals surface area contributed by atoms with E-state index in [0.717, 1.165) is 25.1 Å². The third-order valence-electron chi connectivity index (χ3n) is 5.45. The standard InChI is InChI=1S/C19H25N5O2/c25-19(23-12-6-8-15-7-4-5-11-17(15)23)13-24-21-18(20-22-24)14-26-16-9-2-1-3-10-16/h1-3,9-10,15,17H,4-8,11-14H2/t15-,17-/m1/s1. The average Bonchev–Trinajstić information content (AvgIpc) is 3.14. The summed E-state index contributed by atoms with van der Waals surface area (Å²) in [6.07, 6.45) is 7.30. The van der Waals surface area contributed by atoms with Crippen molar-refractivity contribution in [1.29, 1.82) is 0 Å². The summed E-state index contributed by atoms with van der Waals surface area (Å²) >= 11 is 0. The summed E-state index contributed by atoms with van der Waals surface area (Å²) < 4.78 is 5.62. The largest absolute Gasteiger partial charge is 0.485 e. The van der Waals surface area contributed by atoms with Gasteiger partial charge in [0.2, 0.25) is 11.7 Å². The molecule has 0 N–H and O–H groups in total. The molecule has 2 aliphatic rings. The van der Waals surface area contributed by atoms with Crippen LogP contribution in [0.15, 0.2) is 30.3 Å². The van der Waals surface area contributed by atoms with E-state index in [0.29, 0.717) is 17.8 Å². The first-order valence-corrected chi connectivity index (χ1v) is 9.53. The molecule has 1 amide bonds. The fraction of sp³-hybridized carbons (Fsp3) is 0.579. The lowest BCUT2D eigenvalue weighted by atomic mass is 9.78. The summed E-state index contributed by atoms with van der Waals surface area (Å²) in [5.74, 6) is 2.03. The predicted molar refractivity (Wildman–Crippen MR) is 95.3 cm³/mol. The van der Waals surface area contributed by atoms with E-state index in [1.54, 1.807) is 0 Å². The molecule has 1 aromatic carbocycles. The van der Waals surface area contributed by atoms with Gasteiger partial charge in [-0.2, -0.15) is 4.80 Å². The predicted octanol–water partition coefficient (Wildman–Crippen LogP) is 2.43. The Labute approximate surface area is 153 Å². The van der Waals surface area contributed by atoms with Crippen LogP contribution in [0.1, 0.15) is 44.3 Å². The fourth-order valence-electron chi connectivity index (χ4n) is 4.21. The van der Waals surface area contributed by atoms with Crippen LogP contribution in [-0.4, -0.2) is 43.6 Å². The number of likely N-dealkylation sites (tertiary alicyclic amines) is 1. The Bertz CT molecular complexity index is 731. The molecule has 4 rings (SSSR count). The minimum Gasteiger partial charge on any atom is -0.485 e. The molecule has 2 aromatic rings. The Morgan fingerprint density at radius 3 is 2.81 bits per heavy atom. The van der Waals surface area contributed by atoms with E-state index in [1.165, 1.54) is 30.5 Å². The number of hydrogen-bond acceptors (Lipinski definition) is 5. The second kappa shape index (κ2) is 7.85. The van der Waals surface area contributed by atoms with Crippen molar-refractivity contribution in [2.75, 3.05) is 6.54 Å². The number of fused-ring (bicyclic) bond motifs is 1. The lowest BCUT2D eigenvalue weighted by molar-refractivity contribution is -0.138. The second-order valence-corrected chi connectivity index (χ2v) is 7.18. The Kier molecular flexibility index (Phi) is 5.13. The molecule has 2 atom stereocenters. The molecule has 2 heterocycles. The normalized spacial score (nSPS) is 22.7. The number of benzene rings is 1. The van der Waals surface area contributed by atoms with Crippen LogP contribution in [0.4, 0.5) is 0 Å². The summed E-state index contributed by atoms with van der Waals surface area (Å²) in [4.78, 5) is 16.2. The van der Waals surface area contributed by atoms with E-state index in [9.17, 15) is 4.79 Å². The number of amides is 1. The van der Waals surface area contributed by atoms with Crippen LogP contribution in [0, 0.1) is 5.92 Å². The number of ether oxygens (including phenoxy) is 1. The van der Waals surface area contributed by atoms with Gasteiger partial charge in [-0.15, -0.1) is 10.2 Å². The zero-order chi connectivity index (χ0) is 17.8. The first-order chi connectivity index (χ1) is 12.8. The van der Waals surface area contributed by atoms with Crippen molar-refractivity contribution in [1.82, 2.24) is 25.1 Å². The number of carbonyl (C=O) groups is 1. The van der Waals surface area contributed by atoms with Gasteiger partial charge in [-0.3, -0.25) is 4.79 Å². The Morgan fingerprint density at radius 2 is 1.92 bits per heavy atom. The summed E-state index contributed by atoms with van der Waals surface area (Å²) in [5, 5.41) is 12.3. The molecule has 1 saturated heterocycles. The van der Waals surface area contributed by atoms with Crippen molar-refractivity contribution in [2.24, 2.45) is 5.92 Å². The van der Waals surface area contributed by atoms with E-state index in [1.807, 2.05) is 30.3 Å². The lowest BCUT2D eigenvalue weighted by Crippen LogP contribution is -2.50. The monoisotopic (exact) mass is 355 g/mol. The number of piperidine rings is 1. The molecule has 1 aliphatic heterocycles. The molecule has 1 aromatic heterocycles. The van der Waals surface area contributed by atoms with Crippen LogP contribution in [0.2, 0.25) is 0 Å². The zero-order valence-electron chi connectivity index (χ0n) is 15.0. The topological polar surface area (TPSA) is 73.1 Å². The van der Waals surface area contributed by atoms with Crippen LogP contribution in [0.25, 0.3) is 0 Å². The van der Waals surface area contributed by atoms with E-state index in [-0.39, 0.29) is 19.1 Å². The third kappa shape index (κ3) is 3.86. The number of aromatic nitrogens is 4. The van der Waals surface area contributed by atoms with Gasteiger partial charge in [-0.05, 0) is 48.9 Å². The van der Waals surface area contributed by atoms with Crippen molar-refractivity contribution in [2.45, 2.75) is 57.7 Å². The van der Waals surface area contributed by atoms with Gasteiger partial charge >= 0.3 is 0 Å². The van der Waals surface area contributed by atoms with Gasteiger partial charge in [-0.25, -0.2) is 0 Å². The first kappa shape index (κ1) is 17.0. The zero-order valence-corrected chi connectivity index (χ0v) is 15.0. The Morgan fingerprint density at radius 1 is 1.12 bits per heavy atom. The van der Waals surface area contributed by atoms with Crippen LogP contribution >= 0.6 is 0 Å². The van der Waals surface area contributed by atoms with Crippen LogP contribution < -0.4 is 4.74 Å². The molecule has 1 saturated carbocycles. The van der Waals surface area contributed by atoms with Crippen molar-refractivity contribution in [3.63, 3.8) is 0 Å². The number of nitrogens with zero attached hydrogens (tertiary/aromatic N) is 5.